The fraction of sp³-hybridized carbons (Fsp3) is 0.214. The fourth-order valence-electron chi connectivity index (χ4n) is 4.93. The zero-order chi connectivity index (χ0) is 25.9. The van der Waals surface area contributed by atoms with Crippen molar-refractivity contribution in [1.82, 2.24) is 24.8 Å². The summed E-state index contributed by atoms with van der Waals surface area (Å²) in [7, 11) is 0. The Bertz CT molecular complexity index is 1410. The number of aromatic nitrogens is 3. The first-order valence-electron chi connectivity index (χ1n) is 12.0. The van der Waals surface area contributed by atoms with Crippen molar-refractivity contribution in [3.63, 3.8) is 0 Å². The average Bonchev–Trinajstić information content (AvgIpc) is 3.39. The second-order valence-corrected chi connectivity index (χ2v) is 9.38. The summed E-state index contributed by atoms with van der Waals surface area (Å²) in [5.41, 5.74) is 5.66. The number of rotatable bonds is 7. The molecule has 1 saturated heterocycles. The molecule has 2 unspecified atom stereocenters. The van der Waals surface area contributed by atoms with Crippen LogP contribution in [0.25, 0.3) is 5.69 Å². The van der Waals surface area contributed by atoms with Gasteiger partial charge in [-0.2, -0.15) is 0 Å². The van der Waals surface area contributed by atoms with Gasteiger partial charge in [-0.1, -0.05) is 6.07 Å². The number of amides is 1. The number of carbonyl (C=O) groups is 1. The monoisotopic (exact) mass is 514 g/mol. The van der Waals surface area contributed by atoms with Crippen LogP contribution in [0.3, 0.4) is 0 Å². The summed E-state index contributed by atoms with van der Waals surface area (Å²) in [5, 5.41) is 6.85. The largest absolute Gasteiger partial charge is 0.352 e. The number of benzene rings is 1. The lowest BCUT2D eigenvalue weighted by molar-refractivity contribution is -0.116. The van der Waals surface area contributed by atoms with Gasteiger partial charge in [-0.15, -0.1) is 0 Å². The van der Waals surface area contributed by atoms with E-state index in [1.165, 1.54) is 12.1 Å². The smallest absolute Gasteiger partial charge is 0.226 e. The molecule has 7 nitrogen and oxygen atoms in total. The van der Waals surface area contributed by atoms with Crippen LogP contribution in [0.5, 0.6) is 0 Å². The van der Waals surface area contributed by atoms with Crippen LogP contribution < -0.4 is 10.6 Å². The van der Waals surface area contributed by atoms with Crippen molar-refractivity contribution in [1.29, 1.82) is 0 Å². The molecule has 0 bridgehead atoms. The molecule has 0 spiro atoms. The number of thiocarbonyl (C=S) groups is 1. The number of nitrogens with zero attached hydrogens (tertiary/aromatic N) is 4. The molecule has 2 atom stereocenters. The summed E-state index contributed by atoms with van der Waals surface area (Å²) < 4.78 is 15.4. The van der Waals surface area contributed by atoms with Gasteiger partial charge in [0.1, 0.15) is 5.82 Å². The van der Waals surface area contributed by atoms with Gasteiger partial charge in [0, 0.05) is 42.4 Å². The normalized spacial score (nSPS) is 17.1. The van der Waals surface area contributed by atoms with E-state index in [1.54, 1.807) is 24.5 Å². The number of aryl methyl sites for hydroxylation is 1. The first kappa shape index (κ1) is 24.6. The number of hydrogen-bond acceptors (Lipinski definition) is 4. The Balaban J connectivity index is 1.45. The van der Waals surface area contributed by atoms with E-state index in [0.717, 1.165) is 28.3 Å². The molecule has 1 fully saturated rings. The Morgan fingerprint density at radius 3 is 2.62 bits per heavy atom. The maximum atomic E-state index is 13.2. The molecule has 1 aromatic carbocycles. The first-order chi connectivity index (χ1) is 17.9. The molecule has 0 radical (unpaired) electrons. The minimum absolute atomic E-state index is 0.169. The Labute approximate surface area is 220 Å². The van der Waals surface area contributed by atoms with Gasteiger partial charge in [0.2, 0.25) is 5.91 Å². The molecular formula is C28H27FN6OS. The molecule has 1 amide bonds. The second kappa shape index (κ2) is 10.5. The molecule has 0 aliphatic carbocycles. The van der Waals surface area contributed by atoms with Gasteiger partial charge in [0.15, 0.2) is 5.11 Å². The van der Waals surface area contributed by atoms with E-state index in [4.69, 9.17) is 12.2 Å². The highest BCUT2D eigenvalue weighted by Crippen LogP contribution is 2.41. The van der Waals surface area contributed by atoms with Gasteiger partial charge in [-0.3, -0.25) is 14.8 Å². The molecule has 0 saturated carbocycles. The van der Waals surface area contributed by atoms with Gasteiger partial charge in [-0.05, 0) is 86.2 Å². The highest BCUT2D eigenvalue weighted by molar-refractivity contribution is 7.80. The molecule has 1 aliphatic heterocycles. The van der Waals surface area contributed by atoms with Crippen LogP contribution in [0.1, 0.15) is 41.1 Å². The molecule has 37 heavy (non-hydrogen) atoms. The standard InChI is InChI=1S/C28H27FN6OS/c1-18-16-23(19(2)35(18)22-6-5-13-30-17-22)27-26(24-7-3-4-14-31-24)33-28(37)34(27)15-12-25(36)32-21-10-8-20(29)9-11-21/h3-11,13-14,16-17,26-27H,12,15H2,1-2H3,(H,32,36)(H,33,37). The fourth-order valence-corrected chi connectivity index (χ4v) is 5.27. The summed E-state index contributed by atoms with van der Waals surface area (Å²) in [6.07, 6.45) is 5.59. The van der Waals surface area contributed by atoms with E-state index in [9.17, 15) is 9.18 Å². The predicted octanol–water partition coefficient (Wildman–Crippen LogP) is 5.02. The molecule has 4 heterocycles. The van der Waals surface area contributed by atoms with E-state index >= 15 is 0 Å². The van der Waals surface area contributed by atoms with Gasteiger partial charge < -0.3 is 20.1 Å². The molecular weight excluding hydrogens is 487 g/mol. The van der Waals surface area contributed by atoms with Crippen molar-refractivity contribution in [2.75, 3.05) is 11.9 Å². The van der Waals surface area contributed by atoms with Crippen LogP contribution in [-0.4, -0.2) is 37.0 Å². The maximum Gasteiger partial charge on any atom is 0.226 e. The van der Waals surface area contributed by atoms with Gasteiger partial charge in [-0.25, -0.2) is 4.39 Å². The predicted molar refractivity (Wildman–Crippen MR) is 145 cm³/mol. The summed E-state index contributed by atoms with van der Waals surface area (Å²) in [6.45, 7) is 4.56. The van der Waals surface area contributed by atoms with E-state index in [1.807, 2.05) is 36.5 Å². The summed E-state index contributed by atoms with van der Waals surface area (Å²) >= 11 is 5.76. The van der Waals surface area contributed by atoms with Crippen molar-refractivity contribution >= 4 is 28.9 Å². The third-order valence-corrected chi connectivity index (χ3v) is 6.95. The average molecular weight is 515 g/mol. The van der Waals surface area contributed by atoms with E-state index in [2.05, 4.69) is 50.0 Å². The van der Waals surface area contributed by atoms with Crippen LogP contribution in [0, 0.1) is 19.7 Å². The molecule has 9 heteroatoms. The lowest BCUT2D eigenvalue weighted by Crippen LogP contribution is -2.32. The van der Waals surface area contributed by atoms with Crippen molar-refractivity contribution < 1.29 is 9.18 Å². The number of hydrogen-bond donors (Lipinski definition) is 2. The lowest BCUT2D eigenvalue weighted by atomic mass is 9.96. The van der Waals surface area contributed by atoms with Crippen LogP contribution in [-0.2, 0) is 4.79 Å². The van der Waals surface area contributed by atoms with Crippen LogP contribution in [0.15, 0.2) is 79.3 Å². The lowest BCUT2D eigenvalue weighted by Gasteiger charge is -2.28. The number of anilines is 1. The highest BCUT2D eigenvalue weighted by Gasteiger charge is 2.41. The molecule has 188 valence electrons. The van der Waals surface area contributed by atoms with E-state index in [0.29, 0.717) is 17.3 Å². The van der Waals surface area contributed by atoms with Crippen molar-refractivity contribution in [3.8, 4) is 5.69 Å². The number of nitrogens with one attached hydrogen (secondary N) is 2. The molecule has 2 N–H and O–H groups in total. The highest BCUT2D eigenvalue weighted by atomic mass is 32.1. The van der Waals surface area contributed by atoms with Gasteiger partial charge in [0.25, 0.3) is 0 Å². The van der Waals surface area contributed by atoms with Crippen molar-refractivity contribution in [2.45, 2.75) is 32.4 Å². The third-order valence-electron chi connectivity index (χ3n) is 6.60. The minimum atomic E-state index is -0.348. The van der Waals surface area contributed by atoms with E-state index in [-0.39, 0.29) is 30.2 Å². The van der Waals surface area contributed by atoms with Crippen molar-refractivity contribution in [3.05, 3.63) is 108 Å². The SMILES string of the molecule is Cc1cc(C2C(c3ccccn3)NC(=S)N2CCC(=O)Nc2ccc(F)cc2)c(C)n1-c1cccnc1. The number of halogens is 1. The minimum Gasteiger partial charge on any atom is -0.352 e. The Kier molecular flexibility index (Phi) is 6.96. The maximum absolute atomic E-state index is 13.2. The van der Waals surface area contributed by atoms with Crippen molar-refractivity contribution in [2.24, 2.45) is 0 Å². The third kappa shape index (κ3) is 5.08. The quantitative estimate of drug-likeness (QED) is 0.337. The van der Waals surface area contributed by atoms with Gasteiger partial charge in [0.05, 0.1) is 29.7 Å². The molecule has 5 rings (SSSR count). The molecule has 1 aliphatic rings. The Morgan fingerprint density at radius 2 is 1.92 bits per heavy atom. The summed E-state index contributed by atoms with van der Waals surface area (Å²) in [5.74, 6) is -0.519. The summed E-state index contributed by atoms with van der Waals surface area (Å²) in [6, 6.07) is 17.3. The van der Waals surface area contributed by atoms with E-state index < -0.39 is 0 Å². The number of carbonyl (C=O) groups excluding carboxylic acids is 1. The molecule has 3 aromatic heterocycles. The first-order valence-corrected chi connectivity index (χ1v) is 12.5. The topological polar surface area (TPSA) is 75.1 Å². The Hall–Kier alpha value is -4.11. The second-order valence-electron chi connectivity index (χ2n) is 9.00. The number of pyridine rings is 2. The Morgan fingerprint density at radius 1 is 1.11 bits per heavy atom. The van der Waals surface area contributed by atoms with Crippen LogP contribution >= 0.6 is 12.2 Å². The van der Waals surface area contributed by atoms with Crippen LogP contribution in [0.2, 0.25) is 0 Å². The zero-order valence-corrected chi connectivity index (χ0v) is 21.4. The summed E-state index contributed by atoms with van der Waals surface area (Å²) in [4.78, 5) is 23.7. The molecule has 4 aromatic rings. The van der Waals surface area contributed by atoms with Crippen LogP contribution in [0.4, 0.5) is 10.1 Å². The van der Waals surface area contributed by atoms with Gasteiger partial charge >= 0.3 is 0 Å². The zero-order valence-electron chi connectivity index (χ0n) is 20.6.